The molecule has 1 saturated carbocycles. The second-order valence-electron chi connectivity index (χ2n) is 8.72. The predicted octanol–water partition coefficient (Wildman–Crippen LogP) is 8.48. The van der Waals surface area contributed by atoms with Gasteiger partial charge < -0.3 is 0 Å². The molecule has 0 N–H and O–H groups in total. The van der Waals surface area contributed by atoms with Gasteiger partial charge in [0.1, 0.15) is 0 Å². The van der Waals surface area contributed by atoms with E-state index in [9.17, 15) is 0 Å². The lowest BCUT2D eigenvalue weighted by Crippen LogP contribution is -1.96. The summed E-state index contributed by atoms with van der Waals surface area (Å²) in [6.07, 6.45) is 2.71. The molecule has 0 aliphatic heterocycles. The number of thiol groups is 1. The van der Waals surface area contributed by atoms with Crippen LogP contribution < -0.4 is 0 Å². The highest BCUT2D eigenvalue weighted by molar-refractivity contribution is 7.79. The first-order valence-electron chi connectivity index (χ1n) is 11.2. The molecule has 0 radical (unpaired) electrons. The maximum atomic E-state index is 4.34. The fraction of sp³-hybridized carbons (Fsp3) is 0.200. The van der Waals surface area contributed by atoms with E-state index < -0.39 is 0 Å². The second-order valence-corrected chi connectivity index (χ2v) is 9.03. The second kappa shape index (κ2) is 8.77. The molecule has 0 aromatic heterocycles. The van der Waals surface area contributed by atoms with E-state index in [-0.39, 0.29) is 0 Å². The van der Waals surface area contributed by atoms with E-state index in [1.54, 1.807) is 0 Å². The molecule has 31 heavy (non-hydrogen) atoms. The fourth-order valence-corrected chi connectivity index (χ4v) is 4.50. The maximum absolute atomic E-state index is 4.34. The van der Waals surface area contributed by atoms with Crippen molar-refractivity contribution < 1.29 is 0 Å². The first-order valence-corrected chi connectivity index (χ1v) is 11.8. The van der Waals surface area contributed by atoms with E-state index in [1.807, 2.05) is 0 Å². The summed E-state index contributed by atoms with van der Waals surface area (Å²) < 4.78 is 0. The number of hydrogen-bond acceptors (Lipinski definition) is 1. The van der Waals surface area contributed by atoms with Crippen molar-refractivity contribution in [3.63, 3.8) is 0 Å². The minimum absolute atomic E-state index is 0.368. The summed E-state index contributed by atoms with van der Waals surface area (Å²) in [6, 6.07) is 35.9. The van der Waals surface area contributed by atoms with Crippen molar-refractivity contribution in [1.29, 1.82) is 0 Å². The van der Waals surface area contributed by atoms with E-state index in [1.165, 1.54) is 57.3 Å². The third kappa shape index (κ3) is 4.48. The van der Waals surface area contributed by atoms with Gasteiger partial charge in [-0.05, 0) is 63.3 Å². The summed E-state index contributed by atoms with van der Waals surface area (Å²) in [5.74, 6) is 1.96. The van der Waals surface area contributed by atoms with Crippen LogP contribution in [0.1, 0.15) is 53.9 Å². The van der Waals surface area contributed by atoms with Crippen molar-refractivity contribution in [2.24, 2.45) is 0 Å². The Morgan fingerprint density at radius 1 is 0.613 bits per heavy atom. The Balaban J connectivity index is 1.30. The summed E-state index contributed by atoms with van der Waals surface area (Å²) in [7, 11) is 0. The van der Waals surface area contributed by atoms with Gasteiger partial charge in [-0.25, -0.2) is 0 Å². The zero-order chi connectivity index (χ0) is 21.2. The Labute approximate surface area is 191 Å². The molecule has 4 aromatic rings. The molecule has 0 heterocycles. The quantitative estimate of drug-likeness (QED) is 0.297. The van der Waals surface area contributed by atoms with Gasteiger partial charge in [0, 0.05) is 11.7 Å². The lowest BCUT2D eigenvalue weighted by molar-refractivity contribution is 0.923. The van der Waals surface area contributed by atoms with Crippen LogP contribution in [0.2, 0.25) is 0 Å². The molecule has 4 aromatic carbocycles. The Hall–Kier alpha value is -2.77. The minimum Gasteiger partial charge on any atom is -0.175 e. The maximum Gasteiger partial charge on any atom is 0.0154 e. The van der Waals surface area contributed by atoms with Crippen molar-refractivity contribution in [3.8, 4) is 22.3 Å². The van der Waals surface area contributed by atoms with E-state index in [4.69, 9.17) is 0 Å². The van der Waals surface area contributed by atoms with Gasteiger partial charge in [0.2, 0.25) is 0 Å². The van der Waals surface area contributed by atoms with Crippen molar-refractivity contribution in [2.45, 2.75) is 37.4 Å². The Morgan fingerprint density at radius 2 is 1.00 bits per heavy atom. The smallest absolute Gasteiger partial charge is 0.0154 e. The number of hydrogen-bond donors (Lipinski definition) is 1. The van der Waals surface area contributed by atoms with Crippen molar-refractivity contribution in [3.05, 3.63) is 119 Å². The summed E-state index contributed by atoms with van der Waals surface area (Å²) >= 11 is 4.34. The highest BCUT2D eigenvalue weighted by atomic mass is 32.1. The normalized spacial score (nSPS) is 14.4. The minimum atomic E-state index is 0.368. The standard InChI is InChI=1S/C30H28S/c1-21(23-6-10-26(11-7-23)25-4-2-22(20-31)3-5-25)24-8-12-27(13-9-24)28-14-16-29(17-15-28)30-18-19-30/h2-17,21,30-31H,18-20H2,1H3/t21-/m0/s1. The third-order valence-electron chi connectivity index (χ3n) is 6.58. The van der Waals surface area contributed by atoms with Crippen molar-refractivity contribution in [1.82, 2.24) is 0 Å². The van der Waals surface area contributed by atoms with Crippen LogP contribution in [0.4, 0.5) is 0 Å². The number of rotatable bonds is 6. The molecule has 0 bridgehead atoms. The number of benzene rings is 4. The molecule has 1 fully saturated rings. The first kappa shape index (κ1) is 20.2. The molecule has 1 heteroatoms. The Kier molecular flexibility index (Phi) is 5.70. The molecule has 5 rings (SSSR count). The summed E-state index contributed by atoms with van der Waals surface area (Å²) in [5, 5.41) is 0. The van der Waals surface area contributed by atoms with E-state index >= 15 is 0 Å². The van der Waals surface area contributed by atoms with Crippen LogP contribution in [0, 0.1) is 0 Å². The Morgan fingerprint density at radius 3 is 1.39 bits per heavy atom. The zero-order valence-electron chi connectivity index (χ0n) is 18.0. The predicted molar refractivity (Wildman–Crippen MR) is 136 cm³/mol. The van der Waals surface area contributed by atoms with Crippen molar-refractivity contribution >= 4 is 12.6 Å². The van der Waals surface area contributed by atoms with Gasteiger partial charge >= 0.3 is 0 Å². The van der Waals surface area contributed by atoms with Crippen LogP contribution in [-0.2, 0) is 5.75 Å². The van der Waals surface area contributed by atoms with Gasteiger partial charge in [0.05, 0.1) is 0 Å². The molecule has 0 spiro atoms. The van der Waals surface area contributed by atoms with Gasteiger partial charge in [-0.15, -0.1) is 0 Å². The van der Waals surface area contributed by atoms with Crippen molar-refractivity contribution in [2.75, 3.05) is 0 Å². The van der Waals surface area contributed by atoms with E-state index in [0.717, 1.165) is 11.7 Å². The van der Waals surface area contributed by atoms with Gasteiger partial charge in [-0.1, -0.05) is 104 Å². The fourth-order valence-electron chi connectivity index (χ4n) is 4.29. The molecule has 0 amide bonds. The molecule has 0 unspecified atom stereocenters. The Bertz CT molecular complexity index is 1130. The van der Waals surface area contributed by atoms with Gasteiger partial charge in [-0.3, -0.25) is 0 Å². The first-order chi connectivity index (χ1) is 15.2. The van der Waals surface area contributed by atoms with E-state index in [0.29, 0.717) is 5.92 Å². The molecular weight excluding hydrogens is 392 g/mol. The lowest BCUT2D eigenvalue weighted by atomic mass is 9.90. The average molecular weight is 421 g/mol. The molecule has 0 nitrogen and oxygen atoms in total. The average Bonchev–Trinajstić information content (AvgIpc) is 3.70. The topological polar surface area (TPSA) is 0 Å². The van der Waals surface area contributed by atoms with Crippen LogP contribution in [0.15, 0.2) is 97.1 Å². The molecular formula is C30H28S. The summed E-state index contributed by atoms with van der Waals surface area (Å²) in [5.41, 5.74) is 10.5. The van der Waals surface area contributed by atoms with Gasteiger partial charge in [0.15, 0.2) is 0 Å². The monoisotopic (exact) mass is 420 g/mol. The highest BCUT2D eigenvalue weighted by Crippen LogP contribution is 2.40. The summed E-state index contributed by atoms with van der Waals surface area (Å²) in [6.45, 7) is 2.29. The van der Waals surface area contributed by atoms with Crippen LogP contribution in [0.25, 0.3) is 22.3 Å². The van der Waals surface area contributed by atoms with Gasteiger partial charge in [-0.2, -0.15) is 12.6 Å². The van der Waals surface area contributed by atoms with Gasteiger partial charge in [0.25, 0.3) is 0 Å². The van der Waals surface area contributed by atoms with E-state index in [2.05, 4.69) is 117 Å². The molecule has 154 valence electrons. The molecule has 1 aliphatic carbocycles. The van der Waals surface area contributed by atoms with Crippen LogP contribution in [0.3, 0.4) is 0 Å². The SMILES string of the molecule is C[C@@H](c1ccc(-c2ccc(CS)cc2)cc1)c1ccc(-c2ccc(C3CC3)cc2)cc1. The lowest BCUT2D eigenvalue weighted by Gasteiger charge is -2.14. The highest BCUT2D eigenvalue weighted by Gasteiger charge is 2.22. The molecule has 1 atom stereocenters. The largest absolute Gasteiger partial charge is 0.175 e. The van der Waals surface area contributed by atoms with Crippen LogP contribution in [0.5, 0.6) is 0 Å². The zero-order valence-corrected chi connectivity index (χ0v) is 18.9. The summed E-state index contributed by atoms with van der Waals surface area (Å²) in [4.78, 5) is 0. The molecule has 0 saturated heterocycles. The molecule has 1 aliphatic rings. The van der Waals surface area contributed by atoms with Crippen LogP contribution in [-0.4, -0.2) is 0 Å². The third-order valence-corrected chi connectivity index (χ3v) is 6.95. The van der Waals surface area contributed by atoms with Crippen LogP contribution >= 0.6 is 12.6 Å².